The number of carbonyl (C=O) groups excluding carboxylic acids is 2. The molecule has 0 aromatic heterocycles. The molecule has 2 aromatic rings. The Morgan fingerprint density at radius 2 is 1.68 bits per heavy atom. The minimum Gasteiger partial charge on any atom is -0.481 e. The van der Waals surface area contributed by atoms with E-state index in [1.165, 1.54) is 4.90 Å². The summed E-state index contributed by atoms with van der Waals surface area (Å²) in [6.45, 7) is 5.04. The standard InChI is InChI=1S/C16H17N3O2.C8H16O2/c1-18(2)6-7-19-15(20)12-5-3-4-10-8-11(17)9-13(14(10)12)16(19)21;1-3-5-7(6-4-2)8(9)10/h3-5,8-9H,6-7,17H2,1-2H3;7H,3-6H2,1-2H3,(H,9,10). The van der Waals surface area contributed by atoms with Gasteiger partial charge >= 0.3 is 5.97 Å². The van der Waals surface area contributed by atoms with Gasteiger partial charge in [0.1, 0.15) is 0 Å². The summed E-state index contributed by atoms with van der Waals surface area (Å²) in [4.78, 5) is 38.9. The topological polar surface area (TPSA) is 104 Å². The lowest BCUT2D eigenvalue weighted by Gasteiger charge is -2.28. The second kappa shape index (κ2) is 10.9. The molecule has 3 rings (SSSR count). The summed E-state index contributed by atoms with van der Waals surface area (Å²) < 4.78 is 0. The number of hydrogen-bond donors (Lipinski definition) is 2. The van der Waals surface area contributed by atoms with Gasteiger partial charge in [-0.3, -0.25) is 19.3 Å². The molecule has 7 heteroatoms. The highest BCUT2D eigenvalue weighted by molar-refractivity contribution is 6.25. The smallest absolute Gasteiger partial charge is 0.306 e. The van der Waals surface area contributed by atoms with Gasteiger partial charge in [0.05, 0.1) is 11.5 Å². The average molecular weight is 428 g/mol. The maximum Gasteiger partial charge on any atom is 0.306 e. The number of nitrogens with two attached hydrogens (primary N) is 1. The van der Waals surface area contributed by atoms with Crippen LogP contribution < -0.4 is 5.73 Å². The third-order valence-corrected chi connectivity index (χ3v) is 5.34. The second-order valence-corrected chi connectivity index (χ2v) is 8.15. The van der Waals surface area contributed by atoms with Gasteiger partial charge in [0.2, 0.25) is 0 Å². The van der Waals surface area contributed by atoms with Crippen molar-refractivity contribution in [2.24, 2.45) is 5.92 Å². The van der Waals surface area contributed by atoms with Crippen molar-refractivity contribution in [3.63, 3.8) is 0 Å². The van der Waals surface area contributed by atoms with Crippen LogP contribution in [0.5, 0.6) is 0 Å². The van der Waals surface area contributed by atoms with Crippen molar-refractivity contribution in [2.75, 3.05) is 32.9 Å². The third-order valence-electron chi connectivity index (χ3n) is 5.34. The number of nitrogen functional groups attached to an aromatic ring is 1. The number of amides is 2. The number of nitrogens with zero attached hydrogens (tertiary/aromatic N) is 2. The van der Waals surface area contributed by atoms with Gasteiger partial charge in [0.25, 0.3) is 11.8 Å². The first-order valence-electron chi connectivity index (χ1n) is 10.8. The molecule has 0 atom stereocenters. The highest BCUT2D eigenvalue weighted by Gasteiger charge is 2.32. The minimum atomic E-state index is -0.635. The fraction of sp³-hybridized carbons (Fsp3) is 0.458. The monoisotopic (exact) mass is 427 g/mol. The highest BCUT2D eigenvalue weighted by atomic mass is 16.4. The molecule has 1 aliphatic rings. The molecule has 0 bridgehead atoms. The molecular formula is C24H33N3O4. The van der Waals surface area contributed by atoms with Crippen molar-refractivity contribution in [2.45, 2.75) is 39.5 Å². The highest BCUT2D eigenvalue weighted by Crippen LogP contribution is 2.31. The Morgan fingerprint density at radius 1 is 1.06 bits per heavy atom. The van der Waals surface area contributed by atoms with E-state index in [9.17, 15) is 14.4 Å². The fourth-order valence-electron chi connectivity index (χ4n) is 3.77. The number of carboxylic acids is 1. The summed E-state index contributed by atoms with van der Waals surface area (Å²) in [5.74, 6) is -1.23. The summed E-state index contributed by atoms with van der Waals surface area (Å²) >= 11 is 0. The van der Waals surface area contributed by atoms with E-state index in [-0.39, 0.29) is 17.7 Å². The zero-order valence-corrected chi connectivity index (χ0v) is 18.9. The Bertz CT molecular complexity index is 949. The van der Waals surface area contributed by atoms with Crippen LogP contribution in [-0.4, -0.2) is 59.9 Å². The molecule has 31 heavy (non-hydrogen) atoms. The predicted molar refractivity (Wildman–Crippen MR) is 123 cm³/mol. The number of anilines is 1. The lowest BCUT2D eigenvalue weighted by molar-refractivity contribution is -0.142. The van der Waals surface area contributed by atoms with E-state index < -0.39 is 5.97 Å². The number of carboxylic acid groups (broad SMARTS) is 1. The van der Waals surface area contributed by atoms with E-state index in [2.05, 4.69) is 0 Å². The number of rotatable bonds is 8. The van der Waals surface area contributed by atoms with Crippen LogP contribution in [0.3, 0.4) is 0 Å². The van der Waals surface area contributed by atoms with Gasteiger partial charge in [-0.1, -0.05) is 38.8 Å². The molecule has 0 fully saturated rings. The number of likely N-dealkylation sites (N-methyl/N-ethyl adjacent to an activating group) is 1. The average Bonchev–Trinajstić information content (AvgIpc) is 2.71. The molecule has 0 saturated carbocycles. The van der Waals surface area contributed by atoms with Gasteiger partial charge in [-0.05, 0) is 50.5 Å². The largest absolute Gasteiger partial charge is 0.481 e. The third kappa shape index (κ3) is 5.82. The SMILES string of the molecule is CCCC(CCC)C(=O)O.CN(C)CCN1C(=O)c2cccc3cc(N)cc(c23)C1=O. The number of hydrogen-bond acceptors (Lipinski definition) is 5. The van der Waals surface area contributed by atoms with Crippen LogP contribution in [0.2, 0.25) is 0 Å². The Labute approximate surface area is 183 Å². The van der Waals surface area contributed by atoms with Crippen molar-refractivity contribution < 1.29 is 19.5 Å². The molecule has 168 valence electrons. The molecule has 1 aliphatic heterocycles. The molecular weight excluding hydrogens is 394 g/mol. The van der Waals surface area contributed by atoms with Crippen LogP contribution in [-0.2, 0) is 4.79 Å². The number of carbonyl (C=O) groups is 3. The first-order valence-corrected chi connectivity index (χ1v) is 10.8. The Hall–Kier alpha value is -2.93. The van der Waals surface area contributed by atoms with Crippen LogP contribution in [0.4, 0.5) is 5.69 Å². The summed E-state index contributed by atoms with van der Waals surface area (Å²) in [6.07, 6.45) is 3.58. The number of imide groups is 1. The lowest BCUT2D eigenvalue weighted by atomic mass is 9.93. The first-order chi connectivity index (χ1) is 14.7. The predicted octanol–water partition coefficient (Wildman–Crippen LogP) is 3.87. The first kappa shape index (κ1) is 24.3. The van der Waals surface area contributed by atoms with Gasteiger partial charge in [-0.25, -0.2) is 0 Å². The van der Waals surface area contributed by atoms with Gasteiger partial charge in [-0.15, -0.1) is 0 Å². The van der Waals surface area contributed by atoms with Crippen molar-refractivity contribution >= 4 is 34.2 Å². The van der Waals surface area contributed by atoms with Gasteiger partial charge in [-0.2, -0.15) is 0 Å². The fourth-order valence-corrected chi connectivity index (χ4v) is 3.77. The molecule has 2 aromatic carbocycles. The molecule has 0 radical (unpaired) electrons. The molecule has 0 unspecified atom stereocenters. The van der Waals surface area contributed by atoms with Crippen LogP contribution in [0.15, 0.2) is 30.3 Å². The Balaban J connectivity index is 0.000000291. The molecule has 0 saturated heterocycles. The van der Waals surface area contributed by atoms with E-state index in [0.717, 1.165) is 31.1 Å². The summed E-state index contributed by atoms with van der Waals surface area (Å²) in [7, 11) is 3.82. The van der Waals surface area contributed by atoms with Crippen LogP contribution in [0.25, 0.3) is 10.8 Å². The Kier molecular flexibility index (Phi) is 8.56. The van der Waals surface area contributed by atoms with Crippen LogP contribution in [0, 0.1) is 5.92 Å². The number of benzene rings is 2. The van der Waals surface area contributed by atoms with Gasteiger partial charge < -0.3 is 15.7 Å². The van der Waals surface area contributed by atoms with Crippen molar-refractivity contribution in [3.8, 4) is 0 Å². The van der Waals surface area contributed by atoms with Crippen LogP contribution in [0.1, 0.15) is 60.2 Å². The maximum absolute atomic E-state index is 12.6. The normalized spacial score (nSPS) is 13.0. The second-order valence-electron chi connectivity index (χ2n) is 8.15. The van der Waals surface area contributed by atoms with E-state index >= 15 is 0 Å². The molecule has 1 heterocycles. The van der Waals surface area contributed by atoms with Crippen molar-refractivity contribution in [1.82, 2.24) is 9.80 Å². The Morgan fingerprint density at radius 3 is 2.23 bits per heavy atom. The van der Waals surface area contributed by atoms with E-state index in [1.807, 2.05) is 45.0 Å². The quantitative estimate of drug-likeness (QED) is 0.490. The molecule has 2 amide bonds. The van der Waals surface area contributed by atoms with E-state index in [1.54, 1.807) is 18.2 Å². The van der Waals surface area contributed by atoms with Gasteiger partial charge in [0, 0.05) is 29.7 Å². The van der Waals surface area contributed by atoms with E-state index in [0.29, 0.717) is 35.3 Å². The summed E-state index contributed by atoms with van der Waals surface area (Å²) in [5, 5.41) is 10.2. The summed E-state index contributed by atoms with van der Waals surface area (Å²) in [6, 6.07) is 8.90. The van der Waals surface area contributed by atoms with Crippen molar-refractivity contribution in [3.05, 3.63) is 41.5 Å². The minimum absolute atomic E-state index is 0.102. The van der Waals surface area contributed by atoms with Gasteiger partial charge in [0.15, 0.2) is 0 Å². The zero-order chi connectivity index (χ0) is 23.1. The van der Waals surface area contributed by atoms with Crippen molar-refractivity contribution in [1.29, 1.82) is 0 Å². The maximum atomic E-state index is 12.6. The molecule has 0 spiro atoms. The summed E-state index contributed by atoms with van der Waals surface area (Å²) in [5.41, 5.74) is 7.49. The van der Waals surface area contributed by atoms with Crippen LogP contribution >= 0.6 is 0 Å². The zero-order valence-electron chi connectivity index (χ0n) is 18.9. The number of aliphatic carboxylic acids is 1. The molecule has 0 aliphatic carbocycles. The molecule has 3 N–H and O–H groups in total. The lowest BCUT2D eigenvalue weighted by Crippen LogP contribution is -2.43. The molecule has 7 nitrogen and oxygen atoms in total. The van der Waals surface area contributed by atoms with E-state index in [4.69, 9.17) is 10.8 Å².